The minimum absolute atomic E-state index is 0.00384. The summed E-state index contributed by atoms with van der Waals surface area (Å²) in [7, 11) is -4.02. The maximum atomic E-state index is 13.4. The van der Waals surface area contributed by atoms with Crippen LogP contribution in [0.15, 0.2) is 53.4 Å². The second-order valence-corrected chi connectivity index (χ2v) is 7.70. The molecule has 2 amide bonds. The highest BCUT2D eigenvalue weighted by atomic mass is 32.2. The minimum atomic E-state index is -4.02. The summed E-state index contributed by atoms with van der Waals surface area (Å²) in [5.41, 5.74) is 2.61. The molecular weight excluding hydrogens is 389 g/mol. The van der Waals surface area contributed by atoms with Crippen molar-refractivity contribution in [1.82, 2.24) is 10.3 Å². The van der Waals surface area contributed by atoms with E-state index in [4.69, 9.17) is 4.74 Å². The Balaban J connectivity index is 1.55. The van der Waals surface area contributed by atoms with Gasteiger partial charge in [0, 0.05) is 18.7 Å². The Hall–Kier alpha value is -2.98. The van der Waals surface area contributed by atoms with E-state index in [2.05, 4.69) is 0 Å². The highest BCUT2D eigenvalue weighted by Gasteiger charge is 2.22. The number of rotatable bonds is 7. The number of hydrogen-bond donors (Lipinski definition) is 2. The Kier molecular flexibility index (Phi) is 5.90. The van der Waals surface area contributed by atoms with E-state index >= 15 is 0 Å². The van der Waals surface area contributed by atoms with Crippen LogP contribution in [0.2, 0.25) is 0 Å². The number of nitrogens with zero attached hydrogens (tertiary/aromatic N) is 1. The fourth-order valence-corrected chi connectivity index (χ4v) is 3.51. The number of carbonyl (C=O) groups is 2. The van der Waals surface area contributed by atoms with Crippen LogP contribution in [-0.2, 0) is 19.6 Å². The van der Waals surface area contributed by atoms with Crippen molar-refractivity contribution in [3.05, 3.63) is 54.3 Å². The number of halogens is 1. The fraction of sp³-hybridized carbons (Fsp3) is 0.222. The number of nitrogens with one attached hydrogen (secondary N) is 2. The number of hydrogen-bond acceptors (Lipinski definition) is 5. The normalized spacial score (nSPS) is 14.2. The molecule has 1 aliphatic heterocycles. The van der Waals surface area contributed by atoms with Crippen LogP contribution in [0, 0.1) is 5.82 Å². The molecule has 0 aromatic heterocycles. The lowest BCUT2D eigenvalue weighted by Gasteiger charge is -2.16. The predicted octanol–water partition coefficient (Wildman–Crippen LogP) is 1.34. The molecule has 28 heavy (non-hydrogen) atoms. The third kappa shape index (κ3) is 4.65. The molecule has 1 saturated heterocycles. The zero-order chi connectivity index (χ0) is 20.1. The summed E-state index contributed by atoms with van der Waals surface area (Å²) >= 11 is 0. The third-order valence-corrected chi connectivity index (χ3v) is 5.32. The molecule has 0 spiro atoms. The number of sulfonamides is 1. The van der Waals surface area contributed by atoms with Gasteiger partial charge in [-0.15, -0.1) is 4.83 Å². The molecule has 0 bridgehead atoms. The highest BCUT2D eigenvalue weighted by molar-refractivity contribution is 7.89. The first-order valence-corrected chi connectivity index (χ1v) is 9.93. The van der Waals surface area contributed by atoms with Crippen molar-refractivity contribution in [3.8, 4) is 5.75 Å². The van der Waals surface area contributed by atoms with Crippen molar-refractivity contribution in [1.29, 1.82) is 0 Å². The average Bonchev–Trinajstić information content (AvgIpc) is 3.12. The number of hydrazine groups is 1. The maximum Gasteiger partial charge on any atom is 0.272 e. The highest BCUT2D eigenvalue weighted by Crippen LogP contribution is 2.22. The Morgan fingerprint density at radius 2 is 1.86 bits per heavy atom. The second-order valence-electron chi connectivity index (χ2n) is 6.02. The van der Waals surface area contributed by atoms with Gasteiger partial charge in [-0.1, -0.05) is 12.1 Å². The van der Waals surface area contributed by atoms with E-state index in [0.29, 0.717) is 18.7 Å². The molecule has 2 N–H and O–H groups in total. The second kappa shape index (κ2) is 8.36. The van der Waals surface area contributed by atoms with E-state index in [9.17, 15) is 22.4 Å². The summed E-state index contributed by atoms with van der Waals surface area (Å²) < 4.78 is 42.9. The van der Waals surface area contributed by atoms with Gasteiger partial charge in [0.05, 0.1) is 4.90 Å². The standard InChI is InChI=1S/C18H18FN3O5S/c19-15-4-1-2-5-16(15)27-12-17(23)20-21-28(25,26)14-9-7-13(8-10-14)22-11-3-6-18(22)24/h1-2,4-5,7-10,21H,3,6,11-12H2,(H,20,23). The quantitative estimate of drug-likeness (QED) is 0.674. The van der Waals surface area contributed by atoms with Crippen molar-refractivity contribution < 1.29 is 27.1 Å². The summed E-state index contributed by atoms with van der Waals surface area (Å²) in [4.78, 5) is 26.9. The largest absolute Gasteiger partial charge is 0.481 e. The van der Waals surface area contributed by atoms with E-state index in [1.807, 2.05) is 10.3 Å². The molecule has 0 saturated carbocycles. The van der Waals surface area contributed by atoms with E-state index in [1.54, 1.807) is 11.0 Å². The van der Waals surface area contributed by atoms with Gasteiger partial charge in [0.25, 0.3) is 15.9 Å². The van der Waals surface area contributed by atoms with Gasteiger partial charge in [0.1, 0.15) is 0 Å². The van der Waals surface area contributed by atoms with Crippen LogP contribution in [0.1, 0.15) is 12.8 Å². The van der Waals surface area contributed by atoms with E-state index in [0.717, 1.165) is 6.42 Å². The van der Waals surface area contributed by atoms with Crippen LogP contribution in [0.3, 0.4) is 0 Å². The van der Waals surface area contributed by atoms with Gasteiger partial charge >= 0.3 is 0 Å². The summed E-state index contributed by atoms with van der Waals surface area (Å²) in [6.07, 6.45) is 1.24. The van der Waals surface area contributed by atoms with Crippen molar-refractivity contribution in [2.45, 2.75) is 17.7 Å². The first-order valence-electron chi connectivity index (χ1n) is 8.45. The number of ether oxygens (including phenoxy) is 1. The van der Waals surface area contributed by atoms with Gasteiger partial charge in [-0.3, -0.25) is 15.0 Å². The lowest BCUT2D eigenvalue weighted by molar-refractivity contribution is -0.123. The molecule has 0 atom stereocenters. The molecule has 0 radical (unpaired) electrons. The number of carbonyl (C=O) groups excluding carboxylic acids is 2. The zero-order valence-corrected chi connectivity index (χ0v) is 15.5. The van der Waals surface area contributed by atoms with Gasteiger partial charge in [-0.25, -0.2) is 12.8 Å². The van der Waals surface area contributed by atoms with Crippen LogP contribution in [0.5, 0.6) is 5.75 Å². The van der Waals surface area contributed by atoms with E-state index in [1.165, 1.54) is 42.5 Å². The summed E-state index contributed by atoms with van der Waals surface area (Å²) in [6.45, 7) is 0.0285. The van der Waals surface area contributed by atoms with Crippen molar-refractivity contribution in [2.24, 2.45) is 0 Å². The molecule has 1 fully saturated rings. The van der Waals surface area contributed by atoms with Gasteiger partial charge in [-0.2, -0.15) is 0 Å². The van der Waals surface area contributed by atoms with E-state index in [-0.39, 0.29) is 16.6 Å². The predicted molar refractivity (Wildman–Crippen MR) is 98.4 cm³/mol. The first-order chi connectivity index (χ1) is 13.4. The molecule has 1 heterocycles. The maximum absolute atomic E-state index is 13.4. The smallest absolute Gasteiger partial charge is 0.272 e. The molecule has 3 rings (SSSR count). The topological polar surface area (TPSA) is 105 Å². The molecule has 1 aliphatic rings. The number of amides is 2. The molecule has 148 valence electrons. The SMILES string of the molecule is O=C(COc1ccccc1F)NNS(=O)(=O)c1ccc(N2CCCC2=O)cc1. The van der Waals surface area contributed by atoms with Gasteiger partial charge in [0.2, 0.25) is 5.91 Å². The molecule has 8 nitrogen and oxygen atoms in total. The first kappa shape index (κ1) is 19.8. The minimum Gasteiger partial charge on any atom is -0.481 e. The van der Waals surface area contributed by atoms with Crippen LogP contribution >= 0.6 is 0 Å². The van der Waals surface area contributed by atoms with E-state index < -0.39 is 28.4 Å². The molecule has 2 aromatic carbocycles. The molecule has 0 aliphatic carbocycles. The summed E-state index contributed by atoms with van der Waals surface area (Å²) in [5, 5.41) is 0. The fourth-order valence-electron chi connectivity index (χ4n) is 2.65. The van der Waals surface area contributed by atoms with Gasteiger partial charge in [0.15, 0.2) is 18.2 Å². The Bertz CT molecular complexity index is 979. The number of para-hydroxylation sites is 1. The van der Waals surface area contributed by atoms with Crippen LogP contribution in [0.4, 0.5) is 10.1 Å². The van der Waals surface area contributed by atoms with Crippen LogP contribution < -0.4 is 19.9 Å². The molecule has 10 heteroatoms. The zero-order valence-electron chi connectivity index (χ0n) is 14.7. The molecule has 2 aromatic rings. The van der Waals surface area contributed by atoms with Crippen molar-refractivity contribution in [2.75, 3.05) is 18.1 Å². The van der Waals surface area contributed by atoms with Gasteiger partial charge in [-0.05, 0) is 42.8 Å². The molecule has 0 unspecified atom stereocenters. The van der Waals surface area contributed by atoms with Gasteiger partial charge < -0.3 is 9.64 Å². The Morgan fingerprint density at radius 1 is 1.14 bits per heavy atom. The lowest BCUT2D eigenvalue weighted by atomic mass is 10.3. The summed E-state index contributed by atoms with van der Waals surface area (Å²) in [6, 6.07) is 11.3. The monoisotopic (exact) mass is 407 g/mol. The van der Waals surface area contributed by atoms with Crippen molar-refractivity contribution in [3.63, 3.8) is 0 Å². The number of benzene rings is 2. The average molecular weight is 407 g/mol. The molecular formula is C18H18FN3O5S. The summed E-state index contributed by atoms with van der Waals surface area (Å²) in [5.74, 6) is -1.55. The third-order valence-electron chi connectivity index (χ3n) is 4.05. The Morgan fingerprint density at radius 3 is 2.50 bits per heavy atom. The lowest BCUT2D eigenvalue weighted by Crippen LogP contribution is -2.43. The number of anilines is 1. The Labute approximate surface area is 161 Å². The van der Waals surface area contributed by atoms with Crippen molar-refractivity contribution >= 4 is 27.5 Å². The van der Waals surface area contributed by atoms with Crippen LogP contribution in [-0.4, -0.2) is 33.4 Å². The van der Waals surface area contributed by atoms with Crippen LogP contribution in [0.25, 0.3) is 0 Å².